The van der Waals surface area contributed by atoms with E-state index in [1.165, 1.54) is 17.7 Å². The fourth-order valence-corrected chi connectivity index (χ4v) is 3.95. The molecular formula is C24H27FN4O. The second-order valence-corrected chi connectivity index (χ2v) is 7.84. The van der Waals surface area contributed by atoms with Gasteiger partial charge in [0.05, 0.1) is 5.69 Å². The van der Waals surface area contributed by atoms with Crippen molar-refractivity contribution in [3.63, 3.8) is 0 Å². The van der Waals surface area contributed by atoms with Gasteiger partial charge in [0.1, 0.15) is 5.82 Å². The summed E-state index contributed by atoms with van der Waals surface area (Å²) in [6, 6.07) is 18.7. The molecule has 30 heavy (non-hydrogen) atoms. The van der Waals surface area contributed by atoms with Crippen LogP contribution in [0.5, 0.6) is 0 Å². The predicted octanol–water partition coefficient (Wildman–Crippen LogP) is 4.32. The molecule has 1 atom stereocenters. The summed E-state index contributed by atoms with van der Waals surface area (Å²) in [6.07, 6.45) is 4.31. The number of carbonyl (C=O) groups excluding carboxylic acids is 1. The normalized spacial score (nSPS) is 16.4. The number of halogens is 1. The van der Waals surface area contributed by atoms with E-state index in [4.69, 9.17) is 0 Å². The Morgan fingerprint density at radius 3 is 2.77 bits per heavy atom. The predicted molar refractivity (Wildman–Crippen MR) is 117 cm³/mol. The highest BCUT2D eigenvalue weighted by Crippen LogP contribution is 2.24. The van der Waals surface area contributed by atoms with Gasteiger partial charge in [-0.1, -0.05) is 30.3 Å². The molecule has 6 heteroatoms. The van der Waals surface area contributed by atoms with Gasteiger partial charge in [0, 0.05) is 31.6 Å². The Kier molecular flexibility index (Phi) is 6.42. The van der Waals surface area contributed by atoms with Crippen molar-refractivity contribution in [1.82, 2.24) is 15.5 Å². The number of piperidine rings is 1. The molecule has 1 aromatic heterocycles. The van der Waals surface area contributed by atoms with Crippen molar-refractivity contribution in [2.24, 2.45) is 0 Å². The zero-order valence-electron chi connectivity index (χ0n) is 17.0. The Morgan fingerprint density at radius 2 is 1.97 bits per heavy atom. The van der Waals surface area contributed by atoms with Gasteiger partial charge in [-0.3, -0.25) is 9.89 Å². The zero-order chi connectivity index (χ0) is 20.8. The van der Waals surface area contributed by atoms with E-state index in [1.54, 1.807) is 12.1 Å². The highest BCUT2D eigenvalue weighted by atomic mass is 19.1. The quantitative estimate of drug-likeness (QED) is 0.614. The Bertz CT molecular complexity index is 955. The van der Waals surface area contributed by atoms with E-state index in [9.17, 15) is 9.18 Å². The van der Waals surface area contributed by atoms with Gasteiger partial charge in [-0.15, -0.1) is 0 Å². The Labute approximate surface area is 176 Å². The second-order valence-electron chi connectivity index (χ2n) is 7.84. The minimum atomic E-state index is -0.253. The molecule has 2 N–H and O–H groups in total. The van der Waals surface area contributed by atoms with Crippen LogP contribution in [0.2, 0.25) is 0 Å². The van der Waals surface area contributed by atoms with Crippen molar-refractivity contribution in [2.45, 2.75) is 38.1 Å². The van der Waals surface area contributed by atoms with Crippen LogP contribution in [0.25, 0.3) is 11.3 Å². The third kappa shape index (κ3) is 5.26. The Balaban J connectivity index is 1.28. The van der Waals surface area contributed by atoms with E-state index in [1.807, 2.05) is 24.3 Å². The van der Waals surface area contributed by atoms with Crippen LogP contribution in [-0.2, 0) is 11.2 Å². The summed E-state index contributed by atoms with van der Waals surface area (Å²) in [5.74, 6) is 0.723. The number of aromatic amines is 1. The molecule has 4 rings (SSSR count). The molecule has 1 amide bonds. The van der Waals surface area contributed by atoms with Gasteiger partial charge in [0.25, 0.3) is 0 Å². The molecule has 156 valence electrons. The summed E-state index contributed by atoms with van der Waals surface area (Å²) in [6.45, 7) is 1.66. The monoisotopic (exact) mass is 406 g/mol. The average Bonchev–Trinajstić information content (AvgIpc) is 3.26. The molecule has 0 bridgehead atoms. The first-order chi connectivity index (χ1) is 14.7. The average molecular weight is 407 g/mol. The van der Waals surface area contributed by atoms with Crippen molar-refractivity contribution in [3.05, 3.63) is 72.0 Å². The van der Waals surface area contributed by atoms with Crippen LogP contribution in [0.1, 0.15) is 31.2 Å². The molecule has 0 radical (unpaired) electrons. The van der Waals surface area contributed by atoms with Gasteiger partial charge in [0.2, 0.25) is 5.91 Å². The maximum absolute atomic E-state index is 13.1. The Morgan fingerprint density at radius 1 is 1.17 bits per heavy atom. The van der Waals surface area contributed by atoms with Crippen LogP contribution in [0.3, 0.4) is 0 Å². The number of benzene rings is 2. The lowest BCUT2D eigenvalue weighted by Crippen LogP contribution is -2.48. The molecule has 1 saturated heterocycles. The maximum Gasteiger partial charge on any atom is 0.220 e. The SMILES string of the molecule is O=C(CCCc1ccccc1)N[C@H]1CCCN(c2cc(-c3ccc(F)cc3)[nH]n2)C1. The summed E-state index contributed by atoms with van der Waals surface area (Å²) in [5, 5.41) is 10.7. The summed E-state index contributed by atoms with van der Waals surface area (Å²) in [5.41, 5.74) is 3.03. The van der Waals surface area contributed by atoms with Gasteiger partial charge < -0.3 is 10.2 Å². The third-order valence-electron chi connectivity index (χ3n) is 5.54. The number of nitrogens with one attached hydrogen (secondary N) is 2. The van der Waals surface area contributed by atoms with E-state index in [0.29, 0.717) is 6.42 Å². The number of nitrogens with zero attached hydrogens (tertiary/aromatic N) is 2. The van der Waals surface area contributed by atoms with Gasteiger partial charge in [-0.25, -0.2) is 4.39 Å². The lowest BCUT2D eigenvalue weighted by atomic mass is 10.0. The maximum atomic E-state index is 13.1. The number of aromatic nitrogens is 2. The van der Waals surface area contributed by atoms with Gasteiger partial charge in [-0.2, -0.15) is 5.10 Å². The van der Waals surface area contributed by atoms with Gasteiger partial charge in [-0.05, 0) is 61.1 Å². The number of H-pyrrole nitrogens is 1. The number of carbonyl (C=O) groups is 1. The fourth-order valence-electron chi connectivity index (χ4n) is 3.95. The van der Waals surface area contributed by atoms with Gasteiger partial charge >= 0.3 is 0 Å². The summed E-state index contributed by atoms with van der Waals surface area (Å²) < 4.78 is 13.1. The molecule has 5 nitrogen and oxygen atoms in total. The zero-order valence-corrected chi connectivity index (χ0v) is 17.0. The first-order valence-corrected chi connectivity index (χ1v) is 10.6. The highest BCUT2D eigenvalue weighted by molar-refractivity contribution is 5.76. The first kappa shape index (κ1) is 20.1. The minimum Gasteiger partial charge on any atom is -0.353 e. The molecule has 0 unspecified atom stereocenters. The van der Waals surface area contributed by atoms with Crippen LogP contribution in [-0.4, -0.2) is 35.2 Å². The number of anilines is 1. The summed E-state index contributed by atoms with van der Waals surface area (Å²) in [4.78, 5) is 14.6. The van der Waals surface area contributed by atoms with E-state index < -0.39 is 0 Å². The van der Waals surface area contributed by atoms with E-state index in [-0.39, 0.29) is 17.8 Å². The van der Waals surface area contributed by atoms with Crippen LogP contribution in [0.15, 0.2) is 60.7 Å². The van der Waals surface area contributed by atoms with E-state index >= 15 is 0 Å². The van der Waals surface area contributed by atoms with Crippen LogP contribution >= 0.6 is 0 Å². The number of rotatable bonds is 7. The van der Waals surface area contributed by atoms with Crippen molar-refractivity contribution in [3.8, 4) is 11.3 Å². The lowest BCUT2D eigenvalue weighted by molar-refractivity contribution is -0.121. The third-order valence-corrected chi connectivity index (χ3v) is 5.54. The minimum absolute atomic E-state index is 0.117. The topological polar surface area (TPSA) is 61.0 Å². The highest BCUT2D eigenvalue weighted by Gasteiger charge is 2.23. The number of hydrogen-bond donors (Lipinski definition) is 2. The standard InChI is InChI=1S/C24H27FN4O/c25-20-13-11-19(12-14-20)22-16-23(28-27-22)29-15-5-9-21(17-29)26-24(30)10-4-8-18-6-2-1-3-7-18/h1-3,6-7,11-14,16,21H,4-5,8-10,15,17H2,(H,26,30)(H,27,28)/t21-/m0/s1. The molecule has 2 heterocycles. The van der Waals surface area contributed by atoms with Crippen molar-refractivity contribution < 1.29 is 9.18 Å². The first-order valence-electron chi connectivity index (χ1n) is 10.6. The molecule has 1 fully saturated rings. The fraction of sp³-hybridized carbons (Fsp3) is 0.333. The lowest BCUT2D eigenvalue weighted by Gasteiger charge is -2.33. The van der Waals surface area contributed by atoms with E-state index in [0.717, 1.165) is 55.8 Å². The molecule has 0 spiro atoms. The summed E-state index contributed by atoms with van der Waals surface area (Å²) >= 11 is 0. The molecular weight excluding hydrogens is 379 g/mol. The second kappa shape index (κ2) is 9.57. The number of aryl methyl sites for hydroxylation is 1. The largest absolute Gasteiger partial charge is 0.353 e. The molecule has 1 aliphatic heterocycles. The van der Waals surface area contributed by atoms with Crippen molar-refractivity contribution in [1.29, 1.82) is 0 Å². The summed E-state index contributed by atoms with van der Waals surface area (Å²) in [7, 11) is 0. The van der Waals surface area contributed by atoms with Crippen LogP contribution in [0.4, 0.5) is 10.2 Å². The molecule has 0 saturated carbocycles. The molecule has 1 aliphatic rings. The molecule has 2 aromatic carbocycles. The molecule has 3 aromatic rings. The van der Waals surface area contributed by atoms with Crippen molar-refractivity contribution in [2.75, 3.05) is 18.0 Å². The number of hydrogen-bond acceptors (Lipinski definition) is 3. The smallest absolute Gasteiger partial charge is 0.220 e. The van der Waals surface area contributed by atoms with Crippen LogP contribution in [0, 0.1) is 5.82 Å². The van der Waals surface area contributed by atoms with E-state index in [2.05, 4.69) is 32.5 Å². The number of amides is 1. The molecule has 0 aliphatic carbocycles. The van der Waals surface area contributed by atoms with Crippen LogP contribution < -0.4 is 10.2 Å². The Hall–Kier alpha value is -3.15. The van der Waals surface area contributed by atoms with Crippen molar-refractivity contribution >= 4 is 11.7 Å². The van der Waals surface area contributed by atoms with Gasteiger partial charge in [0.15, 0.2) is 5.82 Å².